The van der Waals surface area contributed by atoms with Gasteiger partial charge in [0.05, 0.1) is 25.3 Å². The summed E-state index contributed by atoms with van der Waals surface area (Å²) in [5.41, 5.74) is 0.260. The molecule has 1 aliphatic rings. The zero-order valence-electron chi connectivity index (χ0n) is 12.3. The predicted octanol–water partition coefficient (Wildman–Crippen LogP) is 2.03. The fourth-order valence-electron chi connectivity index (χ4n) is 2.43. The molecule has 0 spiro atoms. The van der Waals surface area contributed by atoms with E-state index < -0.39 is 0 Å². The fourth-order valence-corrected chi connectivity index (χ4v) is 2.43. The Morgan fingerprint density at radius 1 is 1.35 bits per heavy atom. The molecule has 20 heavy (non-hydrogen) atoms. The monoisotopic (exact) mass is 278 g/mol. The van der Waals surface area contributed by atoms with Gasteiger partial charge in [-0.15, -0.1) is 0 Å². The van der Waals surface area contributed by atoms with Crippen molar-refractivity contribution < 1.29 is 14.3 Å². The van der Waals surface area contributed by atoms with Gasteiger partial charge in [-0.1, -0.05) is 0 Å². The third-order valence-corrected chi connectivity index (χ3v) is 3.80. The van der Waals surface area contributed by atoms with Gasteiger partial charge >= 0.3 is 0 Å². The molecule has 5 nitrogen and oxygen atoms in total. The normalized spacial score (nSPS) is 22.1. The highest BCUT2D eigenvalue weighted by Gasteiger charge is 2.35. The van der Waals surface area contributed by atoms with Crippen molar-refractivity contribution in [3.63, 3.8) is 0 Å². The SMILES string of the molecule is COc1ccc(OC)c(NC(=O)C2(C)CCCNC2)c1. The summed E-state index contributed by atoms with van der Waals surface area (Å²) in [6.45, 7) is 3.66. The summed E-state index contributed by atoms with van der Waals surface area (Å²) < 4.78 is 10.5. The minimum absolute atomic E-state index is 0.0104. The molecular weight excluding hydrogens is 256 g/mol. The van der Waals surface area contributed by atoms with Crippen LogP contribution >= 0.6 is 0 Å². The smallest absolute Gasteiger partial charge is 0.231 e. The van der Waals surface area contributed by atoms with Crippen molar-refractivity contribution in [1.82, 2.24) is 5.32 Å². The van der Waals surface area contributed by atoms with E-state index in [1.165, 1.54) is 0 Å². The van der Waals surface area contributed by atoms with E-state index in [-0.39, 0.29) is 11.3 Å². The minimum atomic E-state index is -0.383. The van der Waals surface area contributed by atoms with Crippen LogP contribution in [0.25, 0.3) is 0 Å². The van der Waals surface area contributed by atoms with Gasteiger partial charge < -0.3 is 20.1 Å². The second-order valence-corrected chi connectivity index (χ2v) is 5.36. The van der Waals surface area contributed by atoms with Gasteiger partial charge in [0.2, 0.25) is 5.91 Å². The largest absolute Gasteiger partial charge is 0.497 e. The van der Waals surface area contributed by atoms with Crippen LogP contribution in [0.15, 0.2) is 18.2 Å². The average molecular weight is 278 g/mol. The van der Waals surface area contributed by atoms with E-state index in [0.29, 0.717) is 23.7 Å². The van der Waals surface area contributed by atoms with E-state index in [1.54, 1.807) is 32.4 Å². The first-order valence-electron chi connectivity index (χ1n) is 6.83. The van der Waals surface area contributed by atoms with E-state index in [1.807, 2.05) is 6.92 Å². The summed E-state index contributed by atoms with van der Waals surface area (Å²) in [7, 11) is 3.18. The van der Waals surface area contributed by atoms with Crippen molar-refractivity contribution in [3.05, 3.63) is 18.2 Å². The second-order valence-electron chi connectivity index (χ2n) is 5.36. The van der Waals surface area contributed by atoms with E-state index in [0.717, 1.165) is 19.4 Å². The van der Waals surface area contributed by atoms with Crippen LogP contribution in [-0.2, 0) is 4.79 Å². The molecule has 0 radical (unpaired) electrons. The lowest BCUT2D eigenvalue weighted by Crippen LogP contribution is -2.46. The van der Waals surface area contributed by atoms with Crippen LogP contribution in [0.4, 0.5) is 5.69 Å². The number of hydrogen-bond donors (Lipinski definition) is 2. The van der Waals surface area contributed by atoms with Gasteiger partial charge in [0.25, 0.3) is 0 Å². The number of nitrogens with one attached hydrogen (secondary N) is 2. The molecule has 0 saturated carbocycles. The van der Waals surface area contributed by atoms with Crippen LogP contribution < -0.4 is 20.1 Å². The van der Waals surface area contributed by atoms with Gasteiger partial charge in [0.15, 0.2) is 0 Å². The third-order valence-electron chi connectivity index (χ3n) is 3.80. The predicted molar refractivity (Wildman–Crippen MR) is 78.4 cm³/mol. The summed E-state index contributed by atoms with van der Waals surface area (Å²) >= 11 is 0. The van der Waals surface area contributed by atoms with Crippen molar-refractivity contribution in [3.8, 4) is 11.5 Å². The van der Waals surface area contributed by atoms with E-state index in [9.17, 15) is 4.79 Å². The maximum atomic E-state index is 12.5. The Hall–Kier alpha value is -1.75. The Balaban J connectivity index is 2.17. The molecule has 1 fully saturated rings. The number of carbonyl (C=O) groups excluding carboxylic acids is 1. The molecule has 0 bridgehead atoms. The number of anilines is 1. The lowest BCUT2D eigenvalue weighted by atomic mass is 9.82. The summed E-state index contributed by atoms with van der Waals surface area (Å²) in [5, 5.41) is 6.24. The Kier molecular flexibility index (Phi) is 4.49. The number of carbonyl (C=O) groups is 1. The summed E-state index contributed by atoms with van der Waals surface area (Å²) in [6.07, 6.45) is 1.90. The average Bonchev–Trinajstić information content (AvgIpc) is 2.47. The van der Waals surface area contributed by atoms with Crippen LogP contribution in [-0.4, -0.2) is 33.2 Å². The Bertz CT molecular complexity index is 482. The lowest BCUT2D eigenvalue weighted by Gasteiger charge is -2.32. The number of piperidine rings is 1. The van der Waals surface area contributed by atoms with Crippen molar-refractivity contribution in [2.24, 2.45) is 5.41 Å². The summed E-state index contributed by atoms with van der Waals surface area (Å²) in [5.74, 6) is 1.33. The maximum absolute atomic E-state index is 12.5. The maximum Gasteiger partial charge on any atom is 0.231 e. The summed E-state index contributed by atoms with van der Waals surface area (Å²) in [4.78, 5) is 12.5. The molecular formula is C15H22N2O3. The number of ether oxygens (including phenoxy) is 2. The zero-order valence-corrected chi connectivity index (χ0v) is 12.3. The first kappa shape index (κ1) is 14.7. The van der Waals surface area contributed by atoms with E-state index >= 15 is 0 Å². The van der Waals surface area contributed by atoms with Crippen LogP contribution in [0.3, 0.4) is 0 Å². The van der Waals surface area contributed by atoms with Gasteiger partial charge in [0.1, 0.15) is 11.5 Å². The first-order chi connectivity index (χ1) is 9.59. The van der Waals surface area contributed by atoms with Crippen molar-refractivity contribution >= 4 is 11.6 Å². The number of hydrogen-bond acceptors (Lipinski definition) is 4. The molecule has 5 heteroatoms. The van der Waals surface area contributed by atoms with Crippen molar-refractivity contribution in [2.75, 3.05) is 32.6 Å². The molecule has 1 heterocycles. The highest BCUT2D eigenvalue weighted by atomic mass is 16.5. The van der Waals surface area contributed by atoms with E-state index in [2.05, 4.69) is 10.6 Å². The van der Waals surface area contributed by atoms with Crippen LogP contribution in [0.2, 0.25) is 0 Å². The summed E-state index contributed by atoms with van der Waals surface area (Å²) in [6, 6.07) is 5.37. The highest BCUT2D eigenvalue weighted by molar-refractivity contribution is 5.96. The van der Waals surface area contributed by atoms with Crippen LogP contribution in [0.1, 0.15) is 19.8 Å². The van der Waals surface area contributed by atoms with Crippen LogP contribution in [0.5, 0.6) is 11.5 Å². The third kappa shape index (κ3) is 3.04. The molecule has 1 atom stereocenters. The van der Waals surface area contributed by atoms with Gasteiger partial charge in [-0.25, -0.2) is 0 Å². The molecule has 1 aliphatic heterocycles. The molecule has 1 saturated heterocycles. The number of benzene rings is 1. The molecule has 2 N–H and O–H groups in total. The molecule has 1 aromatic rings. The Labute approximate surface area is 119 Å². The van der Waals surface area contributed by atoms with Gasteiger partial charge in [-0.05, 0) is 38.4 Å². The molecule has 1 aromatic carbocycles. The van der Waals surface area contributed by atoms with Gasteiger partial charge in [-0.2, -0.15) is 0 Å². The Morgan fingerprint density at radius 3 is 2.75 bits per heavy atom. The van der Waals surface area contributed by atoms with E-state index in [4.69, 9.17) is 9.47 Å². The molecule has 110 valence electrons. The number of rotatable bonds is 4. The second kappa shape index (κ2) is 6.13. The topological polar surface area (TPSA) is 59.6 Å². The highest BCUT2D eigenvalue weighted by Crippen LogP contribution is 2.32. The number of methoxy groups -OCH3 is 2. The molecule has 2 rings (SSSR count). The molecule has 0 aliphatic carbocycles. The fraction of sp³-hybridized carbons (Fsp3) is 0.533. The van der Waals surface area contributed by atoms with Crippen LogP contribution in [0, 0.1) is 5.41 Å². The van der Waals surface area contributed by atoms with Crippen molar-refractivity contribution in [2.45, 2.75) is 19.8 Å². The zero-order chi connectivity index (χ0) is 14.6. The quantitative estimate of drug-likeness (QED) is 0.885. The molecule has 0 aromatic heterocycles. The Morgan fingerprint density at radius 2 is 2.15 bits per heavy atom. The first-order valence-corrected chi connectivity index (χ1v) is 6.83. The lowest BCUT2D eigenvalue weighted by molar-refractivity contribution is -0.125. The van der Waals surface area contributed by atoms with Gasteiger partial charge in [0, 0.05) is 12.6 Å². The standard InChI is InChI=1S/C15H22N2O3/c1-15(7-4-8-16-10-15)14(18)17-12-9-11(19-2)5-6-13(12)20-3/h5-6,9,16H,4,7-8,10H2,1-3H3,(H,17,18). The molecule has 1 unspecified atom stereocenters. The minimum Gasteiger partial charge on any atom is -0.497 e. The number of amides is 1. The van der Waals surface area contributed by atoms with Crippen molar-refractivity contribution in [1.29, 1.82) is 0 Å². The van der Waals surface area contributed by atoms with Gasteiger partial charge in [-0.3, -0.25) is 4.79 Å². The molecule has 1 amide bonds.